The van der Waals surface area contributed by atoms with Crippen molar-refractivity contribution in [1.82, 2.24) is 0 Å². The molecule has 154 valence electrons. The number of nitrogen functional groups attached to an aromatic ring is 1. The van der Waals surface area contributed by atoms with Crippen molar-refractivity contribution in [3.05, 3.63) is 107 Å². The number of carbonyl (C=O) groups is 1. The molecule has 0 bridgehead atoms. The molecule has 4 nitrogen and oxygen atoms in total. The summed E-state index contributed by atoms with van der Waals surface area (Å²) in [6.45, 7) is 0.416. The van der Waals surface area contributed by atoms with Crippen LogP contribution in [0, 0.1) is 0 Å². The summed E-state index contributed by atoms with van der Waals surface area (Å²) in [4.78, 5) is 11.5. The summed E-state index contributed by atoms with van der Waals surface area (Å²) in [5.74, 6) is -0.344. The van der Waals surface area contributed by atoms with Gasteiger partial charge in [0.15, 0.2) is 0 Å². The molecule has 0 amide bonds. The zero-order valence-corrected chi connectivity index (χ0v) is 17.3. The van der Waals surface area contributed by atoms with Crippen LogP contribution in [0.15, 0.2) is 91.0 Å². The molecule has 3 N–H and O–H groups in total. The van der Waals surface area contributed by atoms with Crippen molar-refractivity contribution in [1.29, 1.82) is 0 Å². The summed E-state index contributed by atoms with van der Waals surface area (Å²) >= 11 is 6.32. The van der Waals surface area contributed by atoms with Gasteiger partial charge in [-0.25, -0.2) is 4.79 Å². The van der Waals surface area contributed by atoms with Gasteiger partial charge in [0.2, 0.25) is 0 Å². The number of benzene rings is 4. The third-order valence-corrected chi connectivity index (χ3v) is 5.14. The second-order valence-corrected chi connectivity index (χ2v) is 7.55. The van der Waals surface area contributed by atoms with Gasteiger partial charge >= 0.3 is 5.97 Å². The summed E-state index contributed by atoms with van der Waals surface area (Å²) < 4.78 is 6.13. The van der Waals surface area contributed by atoms with Crippen LogP contribution in [-0.2, 0) is 6.61 Å². The number of anilines is 1. The van der Waals surface area contributed by atoms with E-state index in [2.05, 4.69) is 0 Å². The second-order valence-electron chi connectivity index (χ2n) is 7.11. The maximum absolute atomic E-state index is 11.5. The van der Waals surface area contributed by atoms with Crippen molar-refractivity contribution in [2.45, 2.75) is 6.61 Å². The predicted molar refractivity (Wildman–Crippen MR) is 124 cm³/mol. The third kappa shape index (κ3) is 4.71. The molecule has 4 aromatic rings. The highest BCUT2D eigenvalue weighted by atomic mass is 35.5. The largest absolute Gasteiger partial charge is 0.488 e. The highest BCUT2D eigenvalue weighted by Crippen LogP contribution is 2.39. The highest BCUT2D eigenvalue weighted by Gasteiger charge is 2.15. The minimum absolute atomic E-state index is 0.136. The fourth-order valence-corrected chi connectivity index (χ4v) is 3.65. The van der Waals surface area contributed by atoms with Gasteiger partial charge in [0.1, 0.15) is 12.4 Å². The second kappa shape index (κ2) is 8.94. The van der Waals surface area contributed by atoms with Crippen LogP contribution < -0.4 is 10.5 Å². The Bertz CT molecular complexity index is 1240. The topological polar surface area (TPSA) is 72.6 Å². The van der Waals surface area contributed by atoms with Crippen molar-refractivity contribution >= 4 is 23.3 Å². The highest BCUT2D eigenvalue weighted by molar-refractivity contribution is 6.31. The van der Waals surface area contributed by atoms with Gasteiger partial charge in [-0.2, -0.15) is 0 Å². The Kier molecular flexibility index (Phi) is 5.92. The quantitative estimate of drug-likeness (QED) is 0.341. The van der Waals surface area contributed by atoms with Crippen LogP contribution in [0.1, 0.15) is 15.9 Å². The van der Waals surface area contributed by atoms with E-state index in [4.69, 9.17) is 22.1 Å². The predicted octanol–water partition coefficient (Wildman–Crippen LogP) is 6.53. The molecular weight excluding hydrogens is 410 g/mol. The molecular formula is C26H20ClNO3. The molecule has 0 saturated heterocycles. The molecule has 31 heavy (non-hydrogen) atoms. The average Bonchev–Trinajstić information content (AvgIpc) is 2.78. The van der Waals surface area contributed by atoms with Gasteiger partial charge in [-0.05, 0) is 58.7 Å². The van der Waals surface area contributed by atoms with E-state index in [0.29, 0.717) is 28.6 Å². The monoisotopic (exact) mass is 429 g/mol. The minimum atomic E-state index is -1.03. The number of hydrogen-bond acceptors (Lipinski definition) is 3. The Labute approximate surface area is 185 Å². The first-order chi connectivity index (χ1) is 15.0. The zero-order chi connectivity index (χ0) is 21.8. The van der Waals surface area contributed by atoms with Crippen molar-refractivity contribution in [3.63, 3.8) is 0 Å². The fourth-order valence-electron chi connectivity index (χ4n) is 3.47. The first kappa shape index (κ1) is 20.5. The van der Waals surface area contributed by atoms with Crippen molar-refractivity contribution in [2.75, 3.05) is 5.73 Å². The van der Waals surface area contributed by atoms with Gasteiger partial charge in [0.25, 0.3) is 0 Å². The van der Waals surface area contributed by atoms with E-state index >= 15 is 0 Å². The fraction of sp³-hybridized carbons (Fsp3) is 0.0385. The van der Waals surface area contributed by atoms with E-state index < -0.39 is 5.97 Å². The van der Waals surface area contributed by atoms with Gasteiger partial charge in [0.05, 0.1) is 5.56 Å². The Morgan fingerprint density at radius 1 is 0.839 bits per heavy atom. The van der Waals surface area contributed by atoms with E-state index in [-0.39, 0.29) is 5.56 Å². The van der Waals surface area contributed by atoms with Crippen LogP contribution >= 0.6 is 11.6 Å². The van der Waals surface area contributed by atoms with Gasteiger partial charge in [-0.15, -0.1) is 0 Å². The lowest BCUT2D eigenvalue weighted by Gasteiger charge is -2.16. The van der Waals surface area contributed by atoms with Gasteiger partial charge in [-0.3, -0.25) is 0 Å². The molecule has 4 aromatic carbocycles. The molecule has 0 radical (unpaired) electrons. The molecule has 0 spiro atoms. The number of hydrogen-bond donors (Lipinski definition) is 2. The van der Waals surface area contributed by atoms with Gasteiger partial charge in [-0.1, -0.05) is 66.2 Å². The Morgan fingerprint density at radius 3 is 2.29 bits per heavy atom. The summed E-state index contributed by atoms with van der Waals surface area (Å²) in [5.41, 5.74) is 10.8. The number of carboxylic acids is 1. The van der Waals surface area contributed by atoms with E-state index in [1.807, 2.05) is 66.7 Å². The Balaban J connectivity index is 1.79. The zero-order valence-electron chi connectivity index (χ0n) is 16.6. The Morgan fingerprint density at radius 2 is 1.55 bits per heavy atom. The van der Waals surface area contributed by atoms with E-state index in [1.165, 1.54) is 6.07 Å². The van der Waals surface area contributed by atoms with Gasteiger partial charge in [0, 0.05) is 16.3 Å². The number of halogens is 1. The number of ether oxygens (including phenoxy) is 1. The van der Waals surface area contributed by atoms with Crippen LogP contribution in [0.4, 0.5) is 5.69 Å². The van der Waals surface area contributed by atoms with Crippen LogP contribution in [0.2, 0.25) is 5.02 Å². The SMILES string of the molecule is Nc1cc(C(=O)O)cc(-c2ccccc2-c2cc(Cl)ccc2OCc2ccccc2)c1. The molecule has 4 rings (SSSR count). The molecule has 5 heteroatoms. The van der Waals surface area contributed by atoms with Crippen molar-refractivity contribution in [2.24, 2.45) is 0 Å². The maximum Gasteiger partial charge on any atom is 0.335 e. The van der Waals surface area contributed by atoms with Crippen LogP contribution in [0.5, 0.6) is 5.75 Å². The molecule has 0 heterocycles. The standard InChI is InChI=1S/C26H20ClNO3/c27-20-10-11-25(31-16-17-6-2-1-3-7-17)24(15-20)23-9-5-4-8-22(23)18-12-19(26(29)30)14-21(28)13-18/h1-15H,16,28H2,(H,29,30). The summed E-state index contributed by atoms with van der Waals surface area (Å²) in [7, 11) is 0. The molecule has 0 fully saturated rings. The molecule has 0 aliphatic rings. The lowest BCUT2D eigenvalue weighted by Crippen LogP contribution is -2.00. The number of carboxylic acid groups (broad SMARTS) is 1. The average molecular weight is 430 g/mol. The van der Waals surface area contributed by atoms with Crippen LogP contribution in [0.3, 0.4) is 0 Å². The van der Waals surface area contributed by atoms with Crippen molar-refractivity contribution in [3.8, 4) is 28.0 Å². The molecule has 0 aliphatic heterocycles. The molecule has 0 aromatic heterocycles. The number of rotatable bonds is 6. The normalized spacial score (nSPS) is 10.6. The van der Waals surface area contributed by atoms with E-state index in [1.54, 1.807) is 18.2 Å². The number of nitrogens with two attached hydrogens (primary N) is 1. The smallest absolute Gasteiger partial charge is 0.335 e. The molecule has 0 atom stereocenters. The first-order valence-corrected chi connectivity index (χ1v) is 10.1. The number of aromatic carboxylic acids is 1. The lowest BCUT2D eigenvalue weighted by atomic mass is 9.93. The van der Waals surface area contributed by atoms with Crippen LogP contribution in [-0.4, -0.2) is 11.1 Å². The maximum atomic E-state index is 11.5. The first-order valence-electron chi connectivity index (χ1n) is 9.71. The Hall–Kier alpha value is -3.76. The lowest BCUT2D eigenvalue weighted by molar-refractivity contribution is 0.0697. The van der Waals surface area contributed by atoms with Crippen LogP contribution in [0.25, 0.3) is 22.3 Å². The van der Waals surface area contributed by atoms with Crippen molar-refractivity contribution < 1.29 is 14.6 Å². The third-order valence-electron chi connectivity index (χ3n) is 4.91. The van der Waals surface area contributed by atoms with E-state index in [0.717, 1.165) is 22.3 Å². The summed E-state index contributed by atoms with van der Waals surface area (Å²) in [5, 5.41) is 10.0. The molecule has 0 saturated carbocycles. The molecule has 0 unspecified atom stereocenters. The summed E-state index contributed by atoms with van der Waals surface area (Å²) in [6, 6.07) is 27.9. The van der Waals surface area contributed by atoms with E-state index in [9.17, 15) is 9.90 Å². The summed E-state index contributed by atoms with van der Waals surface area (Å²) in [6.07, 6.45) is 0. The minimum Gasteiger partial charge on any atom is -0.488 e. The molecule has 0 aliphatic carbocycles. The van der Waals surface area contributed by atoms with Gasteiger partial charge < -0.3 is 15.6 Å².